The maximum Gasteiger partial charge on any atom is 0.234 e. The van der Waals surface area contributed by atoms with E-state index in [-0.39, 0.29) is 24.9 Å². The molecule has 0 atom stereocenters. The summed E-state index contributed by atoms with van der Waals surface area (Å²) in [6.45, 7) is 1.94. The lowest BCUT2D eigenvalue weighted by molar-refractivity contribution is -0.121. The van der Waals surface area contributed by atoms with Crippen molar-refractivity contribution in [2.24, 2.45) is 0 Å². The van der Waals surface area contributed by atoms with Crippen molar-refractivity contribution in [1.29, 1.82) is 0 Å². The van der Waals surface area contributed by atoms with Gasteiger partial charge in [0.15, 0.2) is 0 Å². The first-order chi connectivity index (χ1) is 10.2. The standard InChI is InChI=1S/C15H23N3O3/c1-21-9-5-8-17-14(19)11-16-12-15(20)18-10-13-6-3-2-4-7-13/h2-4,6-7,16H,5,8-12H2,1H3,(H,17,19)(H,18,20). The highest BCUT2D eigenvalue weighted by atomic mass is 16.5. The molecule has 0 aliphatic carbocycles. The quantitative estimate of drug-likeness (QED) is 0.532. The van der Waals surface area contributed by atoms with Gasteiger partial charge in [0.25, 0.3) is 0 Å². The van der Waals surface area contributed by atoms with Crippen LogP contribution in [-0.2, 0) is 20.9 Å². The van der Waals surface area contributed by atoms with E-state index in [1.807, 2.05) is 30.3 Å². The lowest BCUT2D eigenvalue weighted by atomic mass is 10.2. The Labute approximate surface area is 125 Å². The van der Waals surface area contributed by atoms with Gasteiger partial charge in [-0.1, -0.05) is 30.3 Å². The highest BCUT2D eigenvalue weighted by molar-refractivity contribution is 5.81. The molecular formula is C15H23N3O3. The van der Waals surface area contributed by atoms with Crippen molar-refractivity contribution in [1.82, 2.24) is 16.0 Å². The summed E-state index contributed by atoms with van der Waals surface area (Å²) in [6, 6.07) is 9.67. The van der Waals surface area contributed by atoms with Crippen LogP contribution in [0.3, 0.4) is 0 Å². The van der Waals surface area contributed by atoms with Crippen LogP contribution in [0.15, 0.2) is 30.3 Å². The third kappa shape index (κ3) is 8.78. The fourth-order valence-electron chi connectivity index (χ4n) is 1.66. The predicted molar refractivity (Wildman–Crippen MR) is 80.7 cm³/mol. The third-order valence-electron chi connectivity index (χ3n) is 2.75. The summed E-state index contributed by atoms with van der Waals surface area (Å²) >= 11 is 0. The molecule has 0 heterocycles. The fraction of sp³-hybridized carbons (Fsp3) is 0.467. The number of nitrogens with one attached hydrogen (secondary N) is 3. The zero-order valence-electron chi connectivity index (χ0n) is 12.4. The van der Waals surface area contributed by atoms with Gasteiger partial charge in [0.05, 0.1) is 13.1 Å². The Kier molecular flexibility index (Phi) is 8.83. The molecule has 0 aliphatic rings. The number of rotatable bonds is 10. The second-order valence-electron chi connectivity index (χ2n) is 4.56. The Morgan fingerprint density at radius 1 is 1.05 bits per heavy atom. The highest BCUT2D eigenvalue weighted by Crippen LogP contribution is 1.96. The molecule has 1 aromatic carbocycles. The molecule has 6 nitrogen and oxygen atoms in total. The van der Waals surface area contributed by atoms with Gasteiger partial charge >= 0.3 is 0 Å². The molecule has 0 aliphatic heterocycles. The SMILES string of the molecule is COCCCNC(=O)CNCC(=O)NCc1ccccc1. The summed E-state index contributed by atoms with van der Waals surface area (Å²) < 4.78 is 4.88. The topological polar surface area (TPSA) is 79.5 Å². The molecule has 0 radical (unpaired) electrons. The highest BCUT2D eigenvalue weighted by Gasteiger charge is 2.03. The van der Waals surface area contributed by atoms with Gasteiger partial charge in [-0.3, -0.25) is 14.9 Å². The number of ether oxygens (including phenoxy) is 1. The number of benzene rings is 1. The zero-order valence-corrected chi connectivity index (χ0v) is 12.4. The van der Waals surface area contributed by atoms with E-state index in [1.165, 1.54) is 0 Å². The van der Waals surface area contributed by atoms with E-state index in [0.29, 0.717) is 19.7 Å². The Morgan fingerprint density at radius 3 is 2.38 bits per heavy atom. The van der Waals surface area contributed by atoms with Crippen LogP contribution in [0.4, 0.5) is 0 Å². The molecule has 2 amide bonds. The van der Waals surface area contributed by atoms with Crippen molar-refractivity contribution in [2.75, 3.05) is 33.4 Å². The van der Waals surface area contributed by atoms with Gasteiger partial charge in [0, 0.05) is 26.8 Å². The van der Waals surface area contributed by atoms with Crippen molar-refractivity contribution in [2.45, 2.75) is 13.0 Å². The van der Waals surface area contributed by atoms with Gasteiger partial charge in [0.2, 0.25) is 11.8 Å². The Balaban J connectivity index is 2.04. The second-order valence-corrected chi connectivity index (χ2v) is 4.56. The van der Waals surface area contributed by atoms with Crippen LogP contribution in [0.2, 0.25) is 0 Å². The molecule has 0 bridgehead atoms. The molecule has 6 heteroatoms. The molecule has 0 spiro atoms. The third-order valence-corrected chi connectivity index (χ3v) is 2.75. The first kappa shape index (κ1) is 17.1. The van der Waals surface area contributed by atoms with Crippen molar-refractivity contribution >= 4 is 11.8 Å². The molecule has 0 fully saturated rings. The van der Waals surface area contributed by atoms with Crippen LogP contribution in [0.1, 0.15) is 12.0 Å². The van der Waals surface area contributed by atoms with Crippen LogP contribution in [-0.4, -0.2) is 45.2 Å². The predicted octanol–water partition coefficient (Wildman–Crippen LogP) is 0.0451. The number of hydrogen-bond donors (Lipinski definition) is 3. The summed E-state index contributed by atoms with van der Waals surface area (Å²) in [5.41, 5.74) is 1.04. The van der Waals surface area contributed by atoms with Gasteiger partial charge in [-0.25, -0.2) is 0 Å². The van der Waals surface area contributed by atoms with Gasteiger partial charge < -0.3 is 15.4 Å². The maximum absolute atomic E-state index is 11.6. The Bertz CT molecular complexity index is 423. The zero-order chi connectivity index (χ0) is 15.3. The molecule has 116 valence electrons. The number of hydrogen-bond acceptors (Lipinski definition) is 4. The maximum atomic E-state index is 11.6. The van der Waals surface area contributed by atoms with Crippen LogP contribution >= 0.6 is 0 Å². The van der Waals surface area contributed by atoms with Crippen molar-refractivity contribution in [3.05, 3.63) is 35.9 Å². The molecule has 0 aromatic heterocycles. The summed E-state index contributed by atoms with van der Waals surface area (Å²) in [5, 5.41) is 8.33. The van der Waals surface area contributed by atoms with Crippen molar-refractivity contribution < 1.29 is 14.3 Å². The van der Waals surface area contributed by atoms with E-state index in [9.17, 15) is 9.59 Å². The Hall–Kier alpha value is -1.92. The molecule has 1 rings (SSSR count). The largest absolute Gasteiger partial charge is 0.385 e. The van der Waals surface area contributed by atoms with Gasteiger partial charge in [0.1, 0.15) is 0 Å². The molecule has 21 heavy (non-hydrogen) atoms. The summed E-state index contributed by atoms with van der Waals surface area (Å²) in [5.74, 6) is -0.256. The monoisotopic (exact) mass is 293 g/mol. The first-order valence-electron chi connectivity index (χ1n) is 6.99. The molecular weight excluding hydrogens is 270 g/mol. The van der Waals surface area contributed by atoms with Crippen LogP contribution in [0.5, 0.6) is 0 Å². The van der Waals surface area contributed by atoms with E-state index in [0.717, 1.165) is 12.0 Å². The molecule has 0 saturated carbocycles. The van der Waals surface area contributed by atoms with Crippen LogP contribution < -0.4 is 16.0 Å². The summed E-state index contributed by atoms with van der Waals surface area (Å²) in [4.78, 5) is 23.0. The smallest absolute Gasteiger partial charge is 0.234 e. The molecule has 0 saturated heterocycles. The van der Waals surface area contributed by atoms with Gasteiger partial charge in [-0.15, -0.1) is 0 Å². The lowest BCUT2D eigenvalue weighted by Crippen LogP contribution is -2.39. The summed E-state index contributed by atoms with van der Waals surface area (Å²) in [7, 11) is 1.62. The second kappa shape index (κ2) is 10.8. The molecule has 3 N–H and O–H groups in total. The van der Waals surface area contributed by atoms with E-state index in [4.69, 9.17) is 4.74 Å². The van der Waals surface area contributed by atoms with E-state index >= 15 is 0 Å². The van der Waals surface area contributed by atoms with Gasteiger partial charge in [-0.2, -0.15) is 0 Å². The molecule has 0 unspecified atom stereocenters. The number of carbonyl (C=O) groups excluding carboxylic acids is 2. The lowest BCUT2D eigenvalue weighted by Gasteiger charge is -2.07. The van der Waals surface area contributed by atoms with Crippen LogP contribution in [0.25, 0.3) is 0 Å². The minimum absolute atomic E-state index is 0.123. The number of carbonyl (C=O) groups is 2. The van der Waals surface area contributed by atoms with Crippen molar-refractivity contribution in [3.63, 3.8) is 0 Å². The average Bonchev–Trinajstić information content (AvgIpc) is 2.50. The van der Waals surface area contributed by atoms with Crippen LogP contribution in [0, 0.1) is 0 Å². The minimum Gasteiger partial charge on any atom is -0.385 e. The van der Waals surface area contributed by atoms with E-state index in [1.54, 1.807) is 7.11 Å². The average molecular weight is 293 g/mol. The molecule has 1 aromatic rings. The summed E-state index contributed by atoms with van der Waals surface area (Å²) in [6.07, 6.45) is 0.778. The minimum atomic E-state index is -0.133. The normalized spacial score (nSPS) is 10.1. The number of amides is 2. The number of methoxy groups -OCH3 is 1. The van der Waals surface area contributed by atoms with Crippen molar-refractivity contribution in [3.8, 4) is 0 Å². The van der Waals surface area contributed by atoms with E-state index < -0.39 is 0 Å². The van der Waals surface area contributed by atoms with Gasteiger partial charge in [-0.05, 0) is 12.0 Å². The first-order valence-corrected chi connectivity index (χ1v) is 6.99. The fourth-order valence-corrected chi connectivity index (χ4v) is 1.66. The van der Waals surface area contributed by atoms with E-state index in [2.05, 4.69) is 16.0 Å². The Morgan fingerprint density at radius 2 is 1.71 bits per heavy atom.